The Morgan fingerprint density at radius 3 is 2.60 bits per heavy atom. The van der Waals surface area contributed by atoms with Crippen molar-refractivity contribution in [2.75, 3.05) is 19.6 Å². The highest BCUT2D eigenvalue weighted by Crippen LogP contribution is 2.26. The van der Waals surface area contributed by atoms with E-state index in [-0.39, 0.29) is 0 Å². The Morgan fingerprint density at radius 1 is 1.27 bits per heavy atom. The van der Waals surface area contributed by atoms with E-state index in [1.165, 1.54) is 20.6 Å². The molecule has 0 radical (unpaired) electrons. The van der Waals surface area contributed by atoms with Crippen LogP contribution in [0.25, 0.3) is 0 Å². The summed E-state index contributed by atoms with van der Waals surface area (Å²) in [6, 6.07) is 2.24. The summed E-state index contributed by atoms with van der Waals surface area (Å²) in [4.78, 5) is 1.40. The van der Waals surface area contributed by atoms with Gasteiger partial charge in [-0.3, -0.25) is 0 Å². The Balaban J connectivity index is 2.10. The molecule has 1 rings (SSSR count). The summed E-state index contributed by atoms with van der Waals surface area (Å²) < 4.78 is 1.25. The van der Waals surface area contributed by atoms with Crippen molar-refractivity contribution in [1.82, 2.24) is 10.6 Å². The minimum absolute atomic E-state index is 0.977. The number of rotatable bonds is 7. The second-order valence-electron chi connectivity index (χ2n) is 3.60. The van der Waals surface area contributed by atoms with E-state index in [0.29, 0.717) is 0 Å². The van der Waals surface area contributed by atoms with Gasteiger partial charge in [0.05, 0.1) is 3.79 Å². The third kappa shape index (κ3) is 5.11. The minimum Gasteiger partial charge on any atom is -0.315 e. The molecule has 1 aromatic heterocycles. The zero-order valence-electron chi connectivity index (χ0n) is 9.40. The molecule has 4 heteroatoms. The van der Waals surface area contributed by atoms with Crippen molar-refractivity contribution in [3.05, 3.63) is 20.3 Å². The molecule has 1 heterocycles. The van der Waals surface area contributed by atoms with Gasteiger partial charge < -0.3 is 10.6 Å². The second kappa shape index (κ2) is 7.39. The van der Waals surface area contributed by atoms with Gasteiger partial charge in [-0.25, -0.2) is 0 Å². The van der Waals surface area contributed by atoms with Gasteiger partial charge in [-0.15, -0.1) is 11.3 Å². The monoisotopic (exact) mass is 290 g/mol. The van der Waals surface area contributed by atoms with Crippen LogP contribution in [0.3, 0.4) is 0 Å². The van der Waals surface area contributed by atoms with E-state index in [9.17, 15) is 0 Å². The highest BCUT2D eigenvalue weighted by atomic mass is 79.9. The van der Waals surface area contributed by atoms with E-state index in [1.807, 2.05) is 11.3 Å². The van der Waals surface area contributed by atoms with Gasteiger partial charge in [-0.2, -0.15) is 0 Å². The molecule has 0 aromatic carbocycles. The first kappa shape index (κ1) is 13.2. The smallest absolute Gasteiger partial charge is 0.0730 e. The first-order valence-electron chi connectivity index (χ1n) is 5.40. The van der Waals surface area contributed by atoms with Crippen LogP contribution in [0, 0.1) is 6.92 Å². The fourth-order valence-electron chi connectivity index (χ4n) is 1.30. The molecule has 0 bridgehead atoms. The van der Waals surface area contributed by atoms with Crippen LogP contribution in [0.15, 0.2) is 9.85 Å². The topological polar surface area (TPSA) is 24.1 Å². The van der Waals surface area contributed by atoms with E-state index >= 15 is 0 Å². The minimum atomic E-state index is 0.977. The Hall–Kier alpha value is 0.1000. The first-order valence-corrected chi connectivity index (χ1v) is 7.01. The molecular weight excluding hydrogens is 272 g/mol. The molecule has 1 aromatic rings. The average molecular weight is 291 g/mol. The molecule has 0 atom stereocenters. The molecule has 0 aliphatic rings. The van der Waals surface area contributed by atoms with Crippen molar-refractivity contribution in [1.29, 1.82) is 0 Å². The molecule has 0 saturated heterocycles. The average Bonchev–Trinajstić information content (AvgIpc) is 2.52. The summed E-state index contributed by atoms with van der Waals surface area (Å²) in [6.07, 6.45) is 1.21. The lowest BCUT2D eigenvalue weighted by molar-refractivity contribution is 0.609. The van der Waals surface area contributed by atoms with Crippen molar-refractivity contribution in [2.24, 2.45) is 0 Å². The Kier molecular flexibility index (Phi) is 6.48. The van der Waals surface area contributed by atoms with Crippen molar-refractivity contribution >= 4 is 27.3 Å². The summed E-state index contributed by atoms with van der Waals surface area (Å²) in [5, 5.41) is 6.80. The highest BCUT2D eigenvalue weighted by Gasteiger charge is 2.01. The fourth-order valence-corrected chi connectivity index (χ4v) is 2.90. The van der Waals surface area contributed by atoms with E-state index in [4.69, 9.17) is 0 Å². The SMILES string of the molecule is CCCNCCNCc1cc(C)c(Br)s1. The van der Waals surface area contributed by atoms with Gasteiger partial charge in [0.15, 0.2) is 0 Å². The number of thiophene rings is 1. The maximum absolute atomic E-state index is 3.54. The van der Waals surface area contributed by atoms with E-state index < -0.39 is 0 Å². The maximum Gasteiger partial charge on any atom is 0.0730 e. The molecule has 2 N–H and O–H groups in total. The van der Waals surface area contributed by atoms with Gasteiger partial charge >= 0.3 is 0 Å². The Morgan fingerprint density at radius 2 is 2.00 bits per heavy atom. The Labute approximate surface area is 105 Å². The van der Waals surface area contributed by atoms with E-state index in [1.54, 1.807) is 0 Å². The van der Waals surface area contributed by atoms with Crippen molar-refractivity contribution in [3.8, 4) is 0 Å². The molecule has 0 aliphatic heterocycles. The van der Waals surface area contributed by atoms with Crippen LogP contribution in [0.5, 0.6) is 0 Å². The van der Waals surface area contributed by atoms with Crippen LogP contribution in [0.1, 0.15) is 23.8 Å². The predicted molar refractivity (Wildman–Crippen MR) is 71.6 cm³/mol. The molecular formula is C11H19BrN2S. The highest BCUT2D eigenvalue weighted by molar-refractivity contribution is 9.11. The summed E-state index contributed by atoms with van der Waals surface area (Å²) >= 11 is 5.35. The largest absolute Gasteiger partial charge is 0.315 e. The maximum atomic E-state index is 3.54. The van der Waals surface area contributed by atoms with Gasteiger partial charge in [0.25, 0.3) is 0 Å². The number of hydrogen-bond acceptors (Lipinski definition) is 3. The van der Waals surface area contributed by atoms with Crippen LogP contribution in [-0.4, -0.2) is 19.6 Å². The Bertz CT molecular complexity index is 267. The van der Waals surface area contributed by atoms with Gasteiger partial charge in [0, 0.05) is 24.5 Å². The number of aryl methyl sites for hydroxylation is 1. The van der Waals surface area contributed by atoms with Gasteiger partial charge in [0.1, 0.15) is 0 Å². The normalized spacial score (nSPS) is 10.9. The molecule has 0 spiro atoms. The summed E-state index contributed by atoms with van der Waals surface area (Å²) in [6.45, 7) is 8.50. The number of halogens is 1. The molecule has 2 nitrogen and oxygen atoms in total. The quantitative estimate of drug-likeness (QED) is 0.755. The van der Waals surface area contributed by atoms with Crippen LogP contribution < -0.4 is 10.6 Å². The first-order chi connectivity index (χ1) is 7.24. The number of nitrogens with one attached hydrogen (secondary N) is 2. The summed E-state index contributed by atoms with van der Waals surface area (Å²) in [7, 11) is 0. The van der Waals surface area contributed by atoms with Crippen LogP contribution in [-0.2, 0) is 6.54 Å². The second-order valence-corrected chi connectivity index (χ2v) is 6.05. The summed E-state index contributed by atoms with van der Waals surface area (Å²) in [5.41, 5.74) is 1.33. The van der Waals surface area contributed by atoms with E-state index in [0.717, 1.165) is 26.2 Å². The molecule has 0 fully saturated rings. The molecule has 0 aliphatic carbocycles. The van der Waals surface area contributed by atoms with Crippen LogP contribution in [0.4, 0.5) is 0 Å². The van der Waals surface area contributed by atoms with Crippen molar-refractivity contribution < 1.29 is 0 Å². The van der Waals surface area contributed by atoms with E-state index in [2.05, 4.69) is 46.5 Å². The standard InChI is InChI=1S/C11H19BrN2S/c1-3-4-13-5-6-14-8-10-7-9(2)11(12)15-10/h7,13-14H,3-6,8H2,1-2H3. The molecule has 0 saturated carbocycles. The molecule has 0 amide bonds. The predicted octanol–water partition coefficient (Wildman–Crippen LogP) is 2.91. The fraction of sp³-hybridized carbons (Fsp3) is 0.636. The van der Waals surface area contributed by atoms with Gasteiger partial charge in [-0.1, -0.05) is 6.92 Å². The third-order valence-corrected chi connectivity index (χ3v) is 4.25. The van der Waals surface area contributed by atoms with Crippen LogP contribution >= 0.6 is 27.3 Å². The third-order valence-electron chi connectivity index (χ3n) is 2.11. The lowest BCUT2D eigenvalue weighted by Gasteiger charge is -2.03. The van der Waals surface area contributed by atoms with Gasteiger partial charge in [0.2, 0.25) is 0 Å². The molecule has 86 valence electrons. The lowest BCUT2D eigenvalue weighted by atomic mass is 10.3. The molecule has 0 unspecified atom stereocenters. The lowest BCUT2D eigenvalue weighted by Crippen LogP contribution is -2.27. The van der Waals surface area contributed by atoms with Gasteiger partial charge in [-0.05, 0) is 47.4 Å². The molecule has 15 heavy (non-hydrogen) atoms. The zero-order valence-corrected chi connectivity index (χ0v) is 11.8. The summed E-state index contributed by atoms with van der Waals surface area (Å²) in [5.74, 6) is 0. The van der Waals surface area contributed by atoms with Crippen molar-refractivity contribution in [2.45, 2.75) is 26.8 Å². The van der Waals surface area contributed by atoms with Crippen LogP contribution in [0.2, 0.25) is 0 Å². The van der Waals surface area contributed by atoms with Crippen molar-refractivity contribution in [3.63, 3.8) is 0 Å². The zero-order chi connectivity index (χ0) is 11.1. The number of hydrogen-bond donors (Lipinski definition) is 2.